The smallest absolute Gasteiger partial charge is 0.410 e. The molecule has 0 radical (unpaired) electrons. The number of anilines is 1. The van der Waals surface area contributed by atoms with Gasteiger partial charge in [0.15, 0.2) is 0 Å². The van der Waals surface area contributed by atoms with Crippen molar-refractivity contribution in [3.05, 3.63) is 65.0 Å². The van der Waals surface area contributed by atoms with Crippen LogP contribution in [0.25, 0.3) is 11.3 Å². The molecule has 0 saturated carbocycles. The molecule has 0 fully saturated rings. The highest BCUT2D eigenvalue weighted by Crippen LogP contribution is 2.23. The van der Waals surface area contributed by atoms with Crippen molar-refractivity contribution in [2.75, 3.05) is 5.32 Å². The number of carbonyl (C=O) groups excluding carboxylic acids is 1. The molecule has 22 heavy (non-hydrogen) atoms. The molecule has 0 bridgehead atoms. The van der Waals surface area contributed by atoms with E-state index in [-0.39, 0.29) is 0 Å². The van der Waals surface area contributed by atoms with Crippen LogP contribution < -0.4 is 10.1 Å². The van der Waals surface area contributed by atoms with E-state index in [1.807, 2.05) is 54.8 Å². The van der Waals surface area contributed by atoms with Crippen LogP contribution in [0.15, 0.2) is 60.0 Å². The Morgan fingerprint density at radius 2 is 1.82 bits per heavy atom. The first-order chi connectivity index (χ1) is 10.7. The van der Waals surface area contributed by atoms with Gasteiger partial charge >= 0.3 is 6.09 Å². The Kier molecular flexibility index (Phi) is 4.16. The largest absolute Gasteiger partial charge is 0.417 e. The van der Waals surface area contributed by atoms with E-state index < -0.39 is 6.09 Å². The summed E-state index contributed by atoms with van der Waals surface area (Å²) in [5.41, 5.74) is 2.64. The summed E-state index contributed by atoms with van der Waals surface area (Å²) in [5.74, 6) is 0.509. The van der Waals surface area contributed by atoms with E-state index >= 15 is 0 Å². The van der Waals surface area contributed by atoms with Gasteiger partial charge < -0.3 is 4.74 Å². The van der Waals surface area contributed by atoms with E-state index in [4.69, 9.17) is 4.74 Å². The molecule has 1 aromatic heterocycles. The number of hydrogen-bond acceptors (Lipinski definition) is 4. The predicted molar refractivity (Wildman–Crippen MR) is 88.4 cm³/mol. The van der Waals surface area contributed by atoms with Crippen molar-refractivity contribution in [3.63, 3.8) is 0 Å². The van der Waals surface area contributed by atoms with E-state index in [9.17, 15) is 4.79 Å². The van der Waals surface area contributed by atoms with Crippen molar-refractivity contribution >= 4 is 23.1 Å². The Labute approximate surface area is 132 Å². The second kappa shape index (κ2) is 6.41. The summed E-state index contributed by atoms with van der Waals surface area (Å²) in [7, 11) is 0. The number of nitrogens with one attached hydrogen (secondary N) is 1. The Morgan fingerprint density at radius 1 is 1.09 bits per heavy atom. The topological polar surface area (TPSA) is 51.2 Å². The maximum absolute atomic E-state index is 11.8. The van der Waals surface area contributed by atoms with Crippen molar-refractivity contribution < 1.29 is 9.53 Å². The van der Waals surface area contributed by atoms with Crippen molar-refractivity contribution in [3.8, 4) is 17.0 Å². The Bertz CT molecular complexity index is 767. The summed E-state index contributed by atoms with van der Waals surface area (Å²) in [4.78, 5) is 16.2. The number of rotatable bonds is 3. The highest BCUT2D eigenvalue weighted by molar-refractivity contribution is 7.09. The average molecular weight is 310 g/mol. The second-order valence-corrected chi connectivity index (χ2v) is 5.72. The summed E-state index contributed by atoms with van der Waals surface area (Å²) >= 11 is 1.61. The molecular formula is C17H14N2O2S. The molecule has 0 unspecified atom stereocenters. The van der Waals surface area contributed by atoms with Gasteiger partial charge in [-0.05, 0) is 31.2 Å². The van der Waals surface area contributed by atoms with Crippen LogP contribution in [0.1, 0.15) is 5.01 Å². The highest BCUT2D eigenvalue weighted by atomic mass is 32.1. The zero-order chi connectivity index (χ0) is 15.4. The molecule has 5 heteroatoms. The minimum atomic E-state index is -0.511. The van der Waals surface area contributed by atoms with Crippen LogP contribution in [0.3, 0.4) is 0 Å². The van der Waals surface area contributed by atoms with Gasteiger partial charge in [-0.25, -0.2) is 9.78 Å². The lowest BCUT2D eigenvalue weighted by molar-refractivity contribution is 0.215. The minimum Gasteiger partial charge on any atom is -0.410 e. The van der Waals surface area contributed by atoms with E-state index in [0.717, 1.165) is 16.3 Å². The quantitative estimate of drug-likeness (QED) is 0.761. The lowest BCUT2D eigenvalue weighted by Crippen LogP contribution is -2.16. The molecule has 0 spiro atoms. The molecule has 3 aromatic rings. The molecule has 0 aliphatic heterocycles. The summed E-state index contributed by atoms with van der Waals surface area (Å²) < 4.78 is 5.18. The molecule has 1 amide bonds. The monoisotopic (exact) mass is 310 g/mol. The number of benzene rings is 2. The Balaban J connectivity index is 1.65. The molecule has 0 saturated heterocycles. The van der Waals surface area contributed by atoms with Crippen molar-refractivity contribution in [2.24, 2.45) is 0 Å². The number of ether oxygens (including phenoxy) is 1. The first kappa shape index (κ1) is 14.3. The normalized spacial score (nSPS) is 10.2. The minimum absolute atomic E-state index is 0.509. The van der Waals surface area contributed by atoms with Crippen LogP contribution in [0.2, 0.25) is 0 Å². The number of amides is 1. The first-order valence-corrected chi connectivity index (χ1v) is 7.65. The van der Waals surface area contributed by atoms with Gasteiger partial charge in [-0.1, -0.05) is 30.3 Å². The predicted octanol–water partition coefficient (Wildman–Crippen LogP) is 4.73. The summed E-state index contributed by atoms with van der Waals surface area (Å²) in [6, 6.07) is 16.5. The van der Waals surface area contributed by atoms with E-state index in [0.29, 0.717) is 11.4 Å². The van der Waals surface area contributed by atoms with Crippen molar-refractivity contribution in [1.29, 1.82) is 0 Å². The molecule has 3 rings (SSSR count). The number of carbonyl (C=O) groups is 1. The molecule has 0 aliphatic rings. The summed E-state index contributed by atoms with van der Waals surface area (Å²) in [6.07, 6.45) is -0.511. The van der Waals surface area contributed by atoms with Gasteiger partial charge in [-0.2, -0.15) is 0 Å². The third-order valence-electron chi connectivity index (χ3n) is 3.00. The lowest BCUT2D eigenvalue weighted by atomic mass is 10.1. The van der Waals surface area contributed by atoms with E-state index in [1.165, 1.54) is 0 Å². The van der Waals surface area contributed by atoms with Crippen LogP contribution in [0.5, 0.6) is 5.75 Å². The molecule has 1 heterocycles. The highest BCUT2D eigenvalue weighted by Gasteiger charge is 2.06. The SMILES string of the molecule is Cc1nc(-c2ccc(NC(=O)Oc3ccccc3)cc2)cs1. The summed E-state index contributed by atoms with van der Waals surface area (Å²) in [6.45, 7) is 1.98. The standard InChI is InChI=1S/C17H14N2O2S/c1-12-18-16(11-22-12)13-7-9-14(10-8-13)19-17(20)21-15-5-3-2-4-6-15/h2-11H,1H3,(H,19,20). The molecule has 110 valence electrons. The number of nitrogens with zero attached hydrogens (tertiary/aromatic N) is 1. The lowest BCUT2D eigenvalue weighted by Gasteiger charge is -2.07. The summed E-state index contributed by atoms with van der Waals surface area (Å²) in [5, 5.41) is 5.74. The van der Waals surface area contributed by atoms with E-state index in [2.05, 4.69) is 10.3 Å². The Hall–Kier alpha value is -2.66. The Morgan fingerprint density at radius 3 is 2.45 bits per heavy atom. The van der Waals surface area contributed by atoms with Gasteiger partial charge in [0.25, 0.3) is 0 Å². The van der Waals surface area contributed by atoms with Gasteiger partial charge in [0.2, 0.25) is 0 Å². The van der Waals surface area contributed by atoms with Crippen LogP contribution in [-0.4, -0.2) is 11.1 Å². The molecule has 2 aromatic carbocycles. The third kappa shape index (κ3) is 3.51. The van der Waals surface area contributed by atoms with Crippen LogP contribution in [0, 0.1) is 6.92 Å². The fourth-order valence-corrected chi connectivity index (χ4v) is 2.58. The zero-order valence-corrected chi connectivity index (χ0v) is 12.8. The van der Waals surface area contributed by atoms with E-state index in [1.54, 1.807) is 23.5 Å². The number of aryl methyl sites for hydroxylation is 1. The van der Waals surface area contributed by atoms with Gasteiger partial charge in [-0.15, -0.1) is 11.3 Å². The molecule has 0 aliphatic carbocycles. The number of aromatic nitrogens is 1. The fourth-order valence-electron chi connectivity index (χ4n) is 1.96. The van der Waals surface area contributed by atoms with Crippen LogP contribution >= 0.6 is 11.3 Å². The first-order valence-electron chi connectivity index (χ1n) is 6.77. The number of thiazole rings is 1. The van der Waals surface area contributed by atoms with Gasteiger partial charge in [0.1, 0.15) is 5.75 Å². The third-order valence-corrected chi connectivity index (χ3v) is 3.77. The molecule has 0 atom stereocenters. The van der Waals surface area contributed by atoms with Crippen molar-refractivity contribution in [2.45, 2.75) is 6.92 Å². The van der Waals surface area contributed by atoms with Crippen molar-refractivity contribution in [1.82, 2.24) is 4.98 Å². The second-order valence-electron chi connectivity index (χ2n) is 4.66. The van der Waals surface area contributed by atoms with Crippen LogP contribution in [-0.2, 0) is 0 Å². The molecular weight excluding hydrogens is 296 g/mol. The maximum Gasteiger partial charge on any atom is 0.417 e. The maximum atomic E-state index is 11.8. The molecule has 1 N–H and O–H groups in total. The van der Waals surface area contributed by atoms with Gasteiger partial charge in [0.05, 0.1) is 10.7 Å². The number of para-hydroxylation sites is 1. The number of hydrogen-bond donors (Lipinski definition) is 1. The van der Waals surface area contributed by atoms with Gasteiger partial charge in [0, 0.05) is 16.6 Å². The average Bonchev–Trinajstić information content (AvgIpc) is 2.95. The fraction of sp³-hybridized carbons (Fsp3) is 0.0588. The zero-order valence-electron chi connectivity index (χ0n) is 11.9. The van der Waals surface area contributed by atoms with Gasteiger partial charge in [-0.3, -0.25) is 5.32 Å². The molecule has 4 nitrogen and oxygen atoms in total. The van der Waals surface area contributed by atoms with Crippen LogP contribution in [0.4, 0.5) is 10.5 Å².